The lowest BCUT2D eigenvalue weighted by Crippen LogP contribution is -2.27. The maximum absolute atomic E-state index is 14.0. The second-order valence-electron chi connectivity index (χ2n) is 5.11. The van der Waals surface area contributed by atoms with Crippen LogP contribution in [0.25, 0.3) is 0 Å². The molecule has 0 fully saturated rings. The molecule has 0 N–H and O–H groups in total. The molecule has 0 heterocycles. The Morgan fingerprint density at radius 2 is 1.14 bits per heavy atom. The standard InChI is InChI=1S/C20H17O2/c1-22-19-15-9-8-14-18(19)20(21,16-10-4-2-5-11-16)17-12-6-3-7-13-17/h2-15H,1H3. The van der Waals surface area contributed by atoms with E-state index in [4.69, 9.17) is 4.74 Å². The number of benzene rings is 3. The van der Waals surface area contributed by atoms with Gasteiger partial charge in [-0.15, -0.1) is 0 Å². The fourth-order valence-electron chi connectivity index (χ4n) is 2.76. The minimum Gasteiger partial charge on any atom is -0.496 e. The van der Waals surface area contributed by atoms with Crippen LogP contribution in [0.4, 0.5) is 0 Å². The Labute approximate surface area is 130 Å². The molecule has 0 spiro atoms. The average Bonchev–Trinajstić information content (AvgIpc) is 2.62. The summed E-state index contributed by atoms with van der Waals surface area (Å²) in [5.74, 6) is 0.602. The average molecular weight is 289 g/mol. The lowest BCUT2D eigenvalue weighted by molar-refractivity contribution is 0.0390. The molecular weight excluding hydrogens is 272 g/mol. The van der Waals surface area contributed by atoms with Gasteiger partial charge < -0.3 is 4.74 Å². The van der Waals surface area contributed by atoms with Gasteiger partial charge in [-0.05, 0) is 17.2 Å². The molecule has 0 unspecified atom stereocenters. The van der Waals surface area contributed by atoms with Gasteiger partial charge in [-0.3, -0.25) is 0 Å². The van der Waals surface area contributed by atoms with E-state index in [1.54, 1.807) is 7.11 Å². The number of methoxy groups -OCH3 is 1. The summed E-state index contributed by atoms with van der Waals surface area (Å²) in [5.41, 5.74) is 0.515. The quantitative estimate of drug-likeness (QED) is 0.654. The summed E-state index contributed by atoms with van der Waals surface area (Å²) in [6.45, 7) is 0. The maximum atomic E-state index is 14.0. The predicted octanol–water partition coefficient (Wildman–Crippen LogP) is 4.42. The van der Waals surface area contributed by atoms with Crippen LogP contribution in [0.2, 0.25) is 0 Å². The molecule has 3 rings (SSSR count). The molecule has 0 aliphatic rings. The number of hydrogen-bond acceptors (Lipinski definition) is 1. The predicted molar refractivity (Wildman–Crippen MR) is 86.4 cm³/mol. The first-order valence-electron chi connectivity index (χ1n) is 7.22. The topological polar surface area (TPSA) is 29.1 Å². The highest BCUT2D eigenvalue weighted by Gasteiger charge is 2.38. The Morgan fingerprint density at radius 3 is 1.64 bits per heavy atom. The van der Waals surface area contributed by atoms with Crippen molar-refractivity contribution in [2.24, 2.45) is 0 Å². The molecule has 0 aliphatic carbocycles. The van der Waals surface area contributed by atoms with Crippen molar-refractivity contribution in [3.05, 3.63) is 102 Å². The van der Waals surface area contributed by atoms with E-state index in [1.165, 1.54) is 0 Å². The largest absolute Gasteiger partial charge is 0.496 e. The van der Waals surface area contributed by atoms with Crippen LogP contribution in [0.15, 0.2) is 84.9 Å². The minimum atomic E-state index is -1.50. The van der Waals surface area contributed by atoms with Crippen LogP contribution in [0.1, 0.15) is 16.7 Å². The third kappa shape index (κ3) is 2.38. The van der Waals surface area contributed by atoms with Gasteiger partial charge in [0.05, 0.1) is 7.11 Å². The molecule has 0 aromatic heterocycles. The molecule has 0 aliphatic heterocycles. The van der Waals surface area contributed by atoms with Gasteiger partial charge >= 0.3 is 0 Å². The van der Waals surface area contributed by atoms with Crippen molar-refractivity contribution < 1.29 is 9.84 Å². The molecule has 0 bridgehead atoms. The number of ether oxygens (including phenoxy) is 1. The van der Waals surface area contributed by atoms with Crippen molar-refractivity contribution in [1.29, 1.82) is 0 Å². The van der Waals surface area contributed by atoms with Crippen LogP contribution in [-0.4, -0.2) is 7.11 Å². The molecule has 22 heavy (non-hydrogen) atoms. The molecule has 0 amide bonds. The zero-order valence-corrected chi connectivity index (χ0v) is 12.4. The molecule has 2 nitrogen and oxygen atoms in total. The summed E-state index contributed by atoms with van der Waals surface area (Å²) in [6.07, 6.45) is 0. The van der Waals surface area contributed by atoms with Gasteiger partial charge in [0.2, 0.25) is 0 Å². The maximum Gasteiger partial charge on any atom is 0.182 e. The fourth-order valence-corrected chi connectivity index (χ4v) is 2.76. The summed E-state index contributed by atoms with van der Waals surface area (Å²) in [5, 5.41) is 14.0. The van der Waals surface area contributed by atoms with E-state index in [9.17, 15) is 5.11 Å². The number of para-hydroxylation sites is 1. The Balaban J connectivity index is 2.29. The fraction of sp³-hybridized carbons (Fsp3) is 0.100. The molecule has 0 saturated heterocycles. The molecule has 109 valence electrons. The van der Waals surface area contributed by atoms with Gasteiger partial charge in [-0.25, -0.2) is 5.11 Å². The first-order chi connectivity index (χ1) is 10.8. The summed E-state index contributed by atoms with van der Waals surface area (Å²) >= 11 is 0. The van der Waals surface area contributed by atoms with Crippen molar-refractivity contribution in [2.75, 3.05) is 7.11 Å². The molecule has 0 atom stereocenters. The van der Waals surface area contributed by atoms with Gasteiger partial charge in [0.15, 0.2) is 5.60 Å². The monoisotopic (exact) mass is 289 g/mol. The van der Waals surface area contributed by atoms with Crippen molar-refractivity contribution in [3.8, 4) is 5.75 Å². The van der Waals surface area contributed by atoms with Crippen LogP contribution in [0.5, 0.6) is 5.75 Å². The SMILES string of the molecule is COc1ccccc1C([O])(c1ccccc1)c1ccccc1. The lowest BCUT2D eigenvalue weighted by atomic mass is 9.80. The van der Waals surface area contributed by atoms with Crippen LogP contribution in [0, 0.1) is 0 Å². The van der Waals surface area contributed by atoms with E-state index in [1.807, 2.05) is 84.9 Å². The van der Waals surface area contributed by atoms with Crippen molar-refractivity contribution in [1.82, 2.24) is 0 Å². The minimum absolute atomic E-state index is 0.602. The van der Waals surface area contributed by atoms with E-state index >= 15 is 0 Å². The van der Waals surface area contributed by atoms with Gasteiger partial charge in [0.1, 0.15) is 5.75 Å². The first kappa shape index (κ1) is 14.4. The Kier molecular flexibility index (Phi) is 3.94. The third-order valence-electron chi connectivity index (χ3n) is 3.85. The Hall–Kier alpha value is -2.58. The summed E-state index contributed by atoms with van der Waals surface area (Å²) < 4.78 is 5.43. The summed E-state index contributed by atoms with van der Waals surface area (Å²) in [4.78, 5) is 0. The van der Waals surface area contributed by atoms with Crippen LogP contribution in [-0.2, 0) is 10.7 Å². The Bertz CT molecular complexity index is 696. The molecule has 0 saturated carbocycles. The van der Waals surface area contributed by atoms with Crippen LogP contribution >= 0.6 is 0 Å². The van der Waals surface area contributed by atoms with Gasteiger partial charge in [0, 0.05) is 5.56 Å². The molecule has 1 radical (unpaired) electrons. The first-order valence-corrected chi connectivity index (χ1v) is 7.22. The zero-order valence-electron chi connectivity index (χ0n) is 12.4. The Morgan fingerprint density at radius 1 is 0.682 bits per heavy atom. The molecular formula is C20H17O2. The lowest BCUT2D eigenvalue weighted by Gasteiger charge is -2.28. The van der Waals surface area contributed by atoms with E-state index in [0.29, 0.717) is 22.4 Å². The normalized spacial score (nSPS) is 11.2. The van der Waals surface area contributed by atoms with Crippen molar-refractivity contribution in [2.45, 2.75) is 5.60 Å². The van der Waals surface area contributed by atoms with Gasteiger partial charge in [0.25, 0.3) is 0 Å². The van der Waals surface area contributed by atoms with Gasteiger partial charge in [-0.2, -0.15) is 0 Å². The highest BCUT2D eigenvalue weighted by molar-refractivity contribution is 5.52. The van der Waals surface area contributed by atoms with E-state index < -0.39 is 5.60 Å². The zero-order chi connectivity index (χ0) is 15.4. The highest BCUT2D eigenvalue weighted by atomic mass is 16.5. The second kappa shape index (κ2) is 6.04. The summed E-state index contributed by atoms with van der Waals surface area (Å²) in [7, 11) is 1.59. The van der Waals surface area contributed by atoms with Crippen molar-refractivity contribution in [3.63, 3.8) is 0 Å². The van der Waals surface area contributed by atoms with Crippen molar-refractivity contribution >= 4 is 0 Å². The van der Waals surface area contributed by atoms with E-state index in [0.717, 1.165) is 0 Å². The smallest absolute Gasteiger partial charge is 0.182 e. The van der Waals surface area contributed by atoms with Gasteiger partial charge in [-0.1, -0.05) is 78.9 Å². The van der Waals surface area contributed by atoms with E-state index in [-0.39, 0.29) is 0 Å². The summed E-state index contributed by atoms with van der Waals surface area (Å²) in [6, 6.07) is 26.3. The third-order valence-corrected chi connectivity index (χ3v) is 3.85. The van der Waals surface area contributed by atoms with E-state index in [2.05, 4.69) is 0 Å². The highest BCUT2D eigenvalue weighted by Crippen LogP contribution is 2.41. The number of hydrogen-bond donors (Lipinski definition) is 0. The second-order valence-corrected chi connectivity index (χ2v) is 5.11. The molecule has 2 heteroatoms. The molecule has 3 aromatic rings. The van der Waals surface area contributed by atoms with Crippen LogP contribution in [0.3, 0.4) is 0 Å². The number of rotatable bonds is 4. The molecule has 3 aromatic carbocycles. The van der Waals surface area contributed by atoms with Crippen LogP contribution < -0.4 is 4.74 Å².